The van der Waals surface area contributed by atoms with E-state index in [9.17, 15) is 4.79 Å². The van der Waals surface area contributed by atoms with E-state index >= 15 is 0 Å². The molecule has 0 spiro atoms. The highest BCUT2D eigenvalue weighted by Gasteiger charge is 2.13. The van der Waals surface area contributed by atoms with E-state index in [4.69, 9.17) is 4.74 Å². The van der Waals surface area contributed by atoms with Crippen LogP contribution in [0.1, 0.15) is 22.3 Å². The smallest absolute Gasteiger partial charge is 0.256 e. The number of ether oxygens (including phenoxy) is 1. The number of methoxy groups -OCH3 is 1. The standard InChI is InChI=1S/C24H23NO2/c1-17-9-10-18(2)23(15-17)25-24(26)22(20-7-5-4-6-8-20)16-19-11-13-21(27-3)14-12-19/h4-16H,1-3H3,(H,25,26). The highest BCUT2D eigenvalue weighted by molar-refractivity contribution is 6.29. The van der Waals surface area contributed by atoms with E-state index in [2.05, 4.69) is 5.32 Å². The molecule has 1 N–H and O–H groups in total. The third kappa shape index (κ3) is 4.64. The van der Waals surface area contributed by atoms with Gasteiger partial charge in [-0.05, 0) is 60.4 Å². The summed E-state index contributed by atoms with van der Waals surface area (Å²) in [7, 11) is 1.64. The second-order valence-corrected chi connectivity index (χ2v) is 6.47. The zero-order valence-corrected chi connectivity index (χ0v) is 15.8. The second kappa shape index (κ2) is 8.37. The number of rotatable bonds is 5. The Hall–Kier alpha value is -3.33. The van der Waals surface area contributed by atoms with Crippen molar-refractivity contribution in [1.82, 2.24) is 0 Å². The fourth-order valence-electron chi connectivity index (χ4n) is 2.82. The van der Waals surface area contributed by atoms with Crippen molar-refractivity contribution in [3.8, 4) is 5.75 Å². The van der Waals surface area contributed by atoms with Crippen molar-refractivity contribution in [2.75, 3.05) is 12.4 Å². The van der Waals surface area contributed by atoms with Gasteiger partial charge in [0.25, 0.3) is 5.91 Å². The van der Waals surface area contributed by atoms with Gasteiger partial charge in [0, 0.05) is 11.3 Å². The molecule has 3 heteroatoms. The zero-order chi connectivity index (χ0) is 19.2. The lowest BCUT2D eigenvalue weighted by molar-refractivity contribution is -0.111. The van der Waals surface area contributed by atoms with Crippen LogP contribution in [0.4, 0.5) is 5.69 Å². The molecule has 0 aliphatic rings. The Balaban J connectivity index is 1.97. The molecule has 3 aromatic carbocycles. The number of anilines is 1. The molecule has 1 amide bonds. The minimum Gasteiger partial charge on any atom is -0.497 e. The number of nitrogens with one attached hydrogen (secondary N) is 1. The summed E-state index contributed by atoms with van der Waals surface area (Å²) in [6.07, 6.45) is 1.90. The molecule has 0 aromatic heterocycles. The fourth-order valence-corrected chi connectivity index (χ4v) is 2.82. The van der Waals surface area contributed by atoms with Crippen molar-refractivity contribution in [1.29, 1.82) is 0 Å². The Morgan fingerprint density at radius 2 is 1.63 bits per heavy atom. The molecule has 0 fully saturated rings. The van der Waals surface area contributed by atoms with Crippen LogP contribution in [-0.4, -0.2) is 13.0 Å². The molecule has 0 saturated heterocycles. The maximum Gasteiger partial charge on any atom is 0.256 e. The number of amides is 1. The van der Waals surface area contributed by atoms with Crippen molar-refractivity contribution in [2.45, 2.75) is 13.8 Å². The van der Waals surface area contributed by atoms with E-state index < -0.39 is 0 Å². The number of hydrogen-bond acceptors (Lipinski definition) is 2. The Morgan fingerprint density at radius 1 is 0.926 bits per heavy atom. The third-order valence-electron chi connectivity index (χ3n) is 4.40. The van der Waals surface area contributed by atoms with Gasteiger partial charge in [-0.2, -0.15) is 0 Å². The summed E-state index contributed by atoms with van der Waals surface area (Å²) in [5.41, 5.74) is 5.39. The van der Waals surface area contributed by atoms with E-state index in [1.807, 2.05) is 92.7 Å². The van der Waals surface area contributed by atoms with Gasteiger partial charge in [-0.15, -0.1) is 0 Å². The predicted octanol–water partition coefficient (Wildman–Crippen LogP) is 5.49. The van der Waals surface area contributed by atoms with E-state index in [1.165, 1.54) is 0 Å². The van der Waals surface area contributed by atoms with E-state index in [0.29, 0.717) is 5.57 Å². The van der Waals surface area contributed by atoms with Gasteiger partial charge in [0.05, 0.1) is 7.11 Å². The molecule has 0 bridgehead atoms. The fraction of sp³-hybridized carbons (Fsp3) is 0.125. The summed E-state index contributed by atoms with van der Waals surface area (Å²) < 4.78 is 5.21. The third-order valence-corrected chi connectivity index (χ3v) is 4.40. The van der Waals surface area contributed by atoms with Crippen molar-refractivity contribution >= 4 is 23.2 Å². The first kappa shape index (κ1) is 18.5. The largest absolute Gasteiger partial charge is 0.497 e. The number of aryl methyl sites for hydroxylation is 2. The van der Waals surface area contributed by atoms with E-state index in [-0.39, 0.29) is 5.91 Å². The van der Waals surface area contributed by atoms with Crippen LogP contribution in [0, 0.1) is 13.8 Å². The molecule has 3 nitrogen and oxygen atoms in total. The van der Waals surface area contributed by atoms with Crippen LogP contribution in [0.3, 0.4) is 0 Å². The molecule has 0 unspecified atom stereocenters. The minimum atomic E-state index is -0.134. The van der Waals surface area contributed by atoms with Gasteiger partial charge in [0.15, 0.2) is 0 Å². The quantitative estimate of drug-likeness (QED) is 0.484. The van der Waals surface area contributed by atoms with Crippen LogP contribution >= 0.6 is 0 Å². The Bertz CT molecular complexity index is 957. The monoisotopic (exact) mass is 357 g/mol. The van der Waals surface area contributed by atoms with Crippen LogP contribution in [0.15, 0.2) is 72.8 Å². The maximum atomic E-state index is 13.1. The van der Waals surface area contributed by atoms with Gasteiger partial charge in [0.1, 0.15) is 5.75 Å². The lowest BCUT2D eigenvalue weighted by atomic mass is 10.0. The summed E-state index contributed by atoms with van der Waals surface area (Å²) in [6, 6.07) is 23.4. The molecule has 0 saturated carbocycles. The van der Waals surface area contributed by atoms with Crippen LogP contribution in [0.25, 0.3) is 11.6 Å². The van der Waals surface area contributed by atoms with Gasteiger partial charge in [-0.3, -0.25) is 4.79 Å². The number of carbonyl (C=O) groups excluding carboxylic acids is 1. The minimum absolute atomic E-state index is 0.134. The summed E-state index contributed by atoms with van der Waals surface area (Å²) in [5, 5.41) is 3.06. The van der Waals surface area contributed by atoms with Gasteiger partial charge < -0.3 is 10.1 Å². The molecular formula is C24H23NO2. The lowest BCUT2D eigenvalue weighted by Gasteiger charge is -2.12. The number of carbonyl (C=O) groups is 1. The molecule has 0 radical (unpaired) electrons. The Labute approximate surface area is 160 Å². The average molecular weight is 357 g/mol. The normalized spacial score (nSPS) is 11.1. The molecule has 0 aliphatic heterocycles. The topological polar surface area (TPSA) is 38.3 Å². The molecule has 0 aliphatic carbocycles. The van der Waals surface area contributed by atoms with E-state index in [1.54, 1.807) is 7.11 Å². The SMILES string of the molecule is COc1ccc(C=C(C(=O)Nc2cc(C)ccc2C)c2ccccc2)cc1. The van der Waals surface area contributed by atoms with Gasteiger partial charge in [-0.1, -0.05) is 54.6 Å². The molecule has 0 atom stereocenters. The van der Waals surface area contributed by atoms with Crippen LogP contribution in [-0.2, 0) is 4.79 Å². The first-order chi connectivity index (χ1) is 13.1. The molecule has 3 rings (SSSR count). The lowest BCUT2D eigenvalue weighted by Crippen LogP contribution is -2.14. The number of benzene rings is 3. The highest BCUT2D eigenvalue weighted by atomic mass is 16.5. The van der Waals surface area contributed by atoms with Crippen LogP contribution < -0.4 is 10.1 Å². The molecule has 3 aromatic rings. The van der Waals surface area contributed by atoms with Crippen molar-refractivity contribution in [3.63, 3.8) is 0 Å². The predicted molar refractivity (Wildman–Crippen MR) is 112 cm³/mol. The van der Waals surface area contributed by atoms with Gasteiger partial charge >= 0.3 is 0 Å². The summed E-state index contributed by atoms with van der Waals surface area (Å²) in [4.78, 5) is 13.1. The summed E-state index contributed by atoms with van der Waals surface area (Å²) in [5.74, 6) is 0.652. The maximum absolute atomic E-state index is 13.1. The Morgan fingerprint density at radius 3 is 2.30 bits per heavy atom. The van der Waals surface area contributed by atoms with Gasteiger partial charge in [-0.25, -0.2) is 0 Å². The van der Waals surface area contributed by atoms with Gasteiger partial charge in [0.2, 0.25) is 0 Å². The average Bonchev–Trinajstić information content (AvgIpc) is 2.70. The summed E-state index contributed by atoms with van der Waals surface area (Å²) >= 11 is 0. The first-order valence-corrected chi connectivity index (χ1v) is 8.86. The molecule has 27 heavy (non-hydrogen) atoms. The van der Waals surface area contributed by atoms with Crippen molar-refractivity contribution in [3.05, 3.63) is 95.1 Å². The van der Waals surface area contributed by atoms with Crippen molar-refractivity contribution < 1.29 is 9.53 Å². The van der Waals surface area contributed by atoms with Crippen molar-refractivity contribution in [2.24, 2.45) is 0 Å². The molecule has 0 heterocycles. The van der Waals surface area contributed by atoms with Crippen LogP contribution in [0.2, 0.25) is 0 Å². The zero-order valence-electron chi connectivity index (χ0n) is 15.8. The highest BCUT2D eigenvalue weighted by Crippen LogP contribution is 2.23. The molecule has 136 valence electrons. The van der Waals surface area contributed by atoms with Crippen LogP contribution in [0.5, 0.6) is 5.75 Å². The Kier molecular flexibility index (Phi) is 5.72. The molecular weight excluding hydrogens is 334 g/mol. The number of hydrogen-bond donors (Lipinski definition) is 1. The first-order valence-electron chi connectivity index (χ1n) is 8.86. The second-order valence-electron chi connectivity index (χ2n) is 6.47. The summed E-state index contributed by atoms with van der Waals surface area (Å²) in [6.45, 7) is 4.00. The van der Waals surface area contributed by atoms with E-state index in [0.717, 1.165) is 33.7 Å².